The first-order valence-electron chi connectivity index (χ1n) is 40.4. The summed E-state index contributed by atoms with van der Waals surface area (Å²) in [5.41, 5.74) is 25.2. The van der Waals surface area contributed by atoms with Crippen molar-refractivity contribution in [1.29, 1.82) is 0 Å². The van der Waals surface area contributed by atoms with Crippen LogP contribution in [0.5, 0.6) is 0 Å². The van der Waals surface area contributed by atoms with E-state index >= 15 is 0 Å². The summed E-state index contributed by atoms with van der Waals surface area (Å²) in [5.74, 6) is -0.0398. The minimum absolute atomic E-state index is 0.0398. The molecule has 1 spiro atoms. The highest BCUT2D eigenvalue weighted by atomic mass is 32.2. The highest BCUT2D eigenvalue weighted by Gasteiger charge is 2.54. The van der Waals surface area contributed by atoms with Crippen molar-refractivity contribution < 1.29 is 8.83 Å². The number of allylic oxidation sites excluding steroid dienone is 8. The van der Waals surface area contributed by atoms with Crippen LogP contribution in [0.4, 0.5) is 45.5 Å². The van der Waals surface area contributed by atoms with Crippen LogP contribution < -0.4 is 14.7 Å². The lowest BCUT2D eigenvalue weighted by Gasteiger charge is -2.43. The summed E-state index contributed by atoms with van der Waals surface area (Å²) >= 11 is 5.63. The molecule has 0 fully saturated rings. The molecule has 117 heavy (non-hydrogen) atoms. The Labute approximate surface area is 689 Å². The molecule has 1 aliphatic heterocycles. The number of anilines is 8. The average molecular weight is 1550 g/mol. The number of benzene rings is 16. The van der Waals surface area contributed by atoms with E-state index in [1.54, 1.807) is 0 Å². The zero-order valence-electron chi connectivity index (χ0n) is 64.2. The van der Waals surface area contributed by atoms with E-state index in [0.29, 0.717) is 6.42 Å². The molecule has 0 saturated carbocycles. The van der Waals surface area contributed by atoms with Crippen molar-refractivity contribution in [2.75, 3.05) is 14.7 Å². The van der Waals surface area contributed by atoms with Gasteiger partial charge in [-0.2, -0.15) is 0 Å². The van der Waals surface area contributed by atoms with E-state index in [-0.39, 0.29) is 11.3 Å². The lowest BCUT2D eigenvalue weighted by atomic mass is 9.65. The molecule has 5 nitrogen and oxygen atoms in total. The third-order valence-electron chi connectivity index (χ3n) is 25.2. The maximum Gasteiger partial charge on any atom is 0.143 e. The van der Waals surface area contributed by atoms with Gasteiger partial charge in [0.25, 0.3) is 0 Å². The van der Waals surface area contributed by atoms with Crippen molar-refractivity contribution in [2.24, 2.45) is 5.92 Å². The lowest BCUT2D eigenvalue weighted by molar-refractivity contribution is 0.604. The number of hydrogen-bond acceptors (Lipinski definition) is 8. The van der Waals surface area contributed by atoms with Crippen LogP contribution in [-0.2, 0) is 10.8 Å². The van der Waals surface area contributed by atoms with Crippen molar-refractivity contribution in [3.63, 3.8) is 0 Å². The second-order valence-electron chi connectivity index (χ2n) is 32.0. The summed E-state index contributed by atoms with van der Waals surface area (Å²) < 4.78 is 19.4. The Morgan fingerprint density at radius 1 is 0.376 bits per heavy atom. The third-order valence-corrected chi connectivity index (χ3v) is 28.8. The minimum Gasteiger partial charge on any atom is -0.456 e. The van der Waals surface area contributed by atoms with Gasteiger partial charge in [-0.15, -0.1) is 22.7 Å². The second-order valence-corrected chi connectivity index (χ2v) is 35.2. The third kappa shape index (κ3) is 10.5. The molecule has 0 saturated heterocycles. The fourth-order valence-electron chi connectivity index (χ4n) is 20.0. The predicted molar refractivity (Wildman–Crippen MR) is 495 cm³/mol. The first-order chi connectivity index (χ1) is 57.7. The van der Waals surface area contributed by atoms with E-state index in [4.69, 9.17) is 8.83 Å². The Hall–Kier alpha value is -13.5. The Balaban J connectivity index is 0.811. The van der Waals surface area contributed by atoms with Crippen LogP contribution in [0, 0.1) is 5.92 Å². The normalized spacial score (nSPS) is 16.8. The van der Waals surface area contributed by atoms with Crippen LogP contribution >= 0.6 is 34.4 Å². The van der Waals surface area contributed by atoms with Crippen LogP contribution in [-0.4, -0.2) is 0 Å². The standard InChI is InChI=1S/C109H73N3O2S3/c1-67-56-88-91(66-95(67)111(73-34-11-5-12-35-73)77-59-83(71-49-48-68-28-13-14-31-70(68)57-71)106-86(61-77)79-36-15-20-43-96(79)114-106)109(89-40-19-24-47-102(89)116-103-53-51-75(63-92(103)109)110(72-32-9-4-10-33-72)76-60-84(69-29-7-3-8-30-69)107-87(62-76)81-38-18-23-46-100(81)117-107)90-41-27-42-94(104(88)90)112(74-50-52-101-85(58-74)80-37-17-22-45-99(80)115-101)78-64-93(108(2)54-25-6-26-55-108)105-82-39-16-21-44-97(82)113-98(105)65-78/h3-54,57-67H,55-56H2,1-2H3. The first kappa shape index (κ1) is 68.0. The number of thiophene rings is 2. The molecule has 0 radical (unpaired) electrons. The zero-order valence-corrected chi connectivity index (χ0v) is 66.6. The molecule has 3 aliphatic carbocycles. The molecular weight excluding hydrogens is 1480 g/mol. The Bertz CT molecular complexity index is 7690. The van der Waals surface area contributed by atoms with E-state index in [9.17, 15) is 0 Å². The quantitative estimate of drug-likeness (QED) is 0.121. The van der Waals surface area contributed by atoms with Crippen molar-refractivity contribution in [3.05, 3.63) is 415 Å². The molecule has 4 aliphatic rings. The van der Waals surface area contributed by atoms with Crippen molar-refractivity contribution in [2.45, 2.75) is 47.3 Å². The molecule has 3 atom stereocenters. The van der Waals surface area contributed by atoms with Gasteiger partial charge in [-0.25, -0.2) is 0 Å². The Morgan fingerprint density at radius 2 is 0.983 bits per heavy atom. The van der Waals surface area contributed by atoms with Crippen LogP contribution in [0.1, 0.15) is 54.5 Å². The van der Waals surface area contributed by atoms with Crippen molar-refractivity contribution >= 4 is 181 Å². The van der Waals surface area contributed by atoms with Gasteiger partial charge in [-0.3, -0.25) is 0 Å². The van der Waals surface area contributed by atoms with Crippen LogP contribution in [0.2, 0.25) is 0 Å². The van der Waals surface area contributed by atoms with E-state index in [1.807, 2.05) is 34.4 Å². The summed E-state index contributed by atoms with van der Waals surface area (Å²) in [6, 6.07) is 130. The predicted octanol–water partition coefficient (Wildman–Crippen LogP) is 31.8. The van der Waals surface area contributed by atoms with Crippen molar-refractivity contribution in [1.82, 2.24) is 0 Å². The molecule has 8 heteroatoms. The maximum atomic E-state index is 7.22. The summed E-state index contributed by atoms with van der Waals surface area (Å²) in [6.07, 6.45) is 13.4. The topological polar surface area (TPSA) is 36.0 Å². The average Bonchev–Trinajstić information content (AvgIpc) is 1.52. The van der Waals surface area contributed by atoms with E-state index in [0.717, 1.165) is 107 Å². The van der Waals surface area contributed by atoms with Gasteiger partial charge in [0.1, 0.15) is 22.3 Å². The van der Waals surface area contributed by atoms with Gasteiger partial charge >= 0.3 is 0 Å². The summed E-state index contributed by atoms with van der Waals surface area (Å²) in [5, 5.41) is 11.8. The molecule has 0 amide bonds. The van der Waals surface area contributed by atoms with Gasteiger partial charge in [0.05, 0.1) is 16.8 Å². The number of fused-ring (bicyclic) bond motifs is 21. The van der Waals surface area contributed by atoms with Gasteiger partial charge in [-0.05, 0) is 208 Å². The lowest BCUT2D eigenvalue weighted by Crippen LogP contribution is -2.34. The van der Waals surface area contributed by atoms with Gasteiger partial charge in [0.15, 0.2) is 0 Å². The molecule has 554 valence electrons. The van der Waals surface area contributed by atoms with Gasteiger partial charge in [-0.1, -0.05) is 256 Å². The fraction of sp³-hybridized carbons (Fsp3) is 0.0642. The van der Waals surface area contributed by atoms with Gasteiger partial charge < -0.3 is 23.5 Å². The molecule has 4 aromatic heterocycles. The Kier molecular flexibility index (Phi) is 15.4. The number of furan rings is 2. The molecule has 3 unspecified atom stereocenters. The van der Waals surface area contributed by atoms with Crippen LogP contribution in [0.15, 0.2) is 406 Å². The number of rotatable bonds is 12. The summed E-state index contributed by atoms with van der Waals surface area (Å²) in [7, 11) is 0. The largest absolute Gasteiger partial charge is 0.456 e. The number of nitrogens with zero attached hydrogens (tertiary/aromatic N) is 3. The summed E-state index contributed by atoms with van der Waals surface area (Å²) in [4.78, 5) is 10.2. The van der Waals surface area contributed by atoms with Gasteiger partial charge in [0, 0.05) is 146 Å². The van der Waals surface area contributed by atoms with Crippen molar-refractivity contribution in [3.8, 4) is 22.3 Å². The smallest absolute Gasteiger partial charge is 0.143 e. The highest BCUT2D eigenvalue weighted by molar-refractivity contribution is 7.99. The highest BCUT2D eigenvalue weighted by Crippen LogP contribution is 2.67. The minimum atomic E-state index is -0.923. The molecule has 0 bridgehead atoms. The number of para-hydroxylation sites is 4. The van der Waals surface area contributed by atoms with E-state index < -0.39 is 5.41 Å². The molecule has 20 aromatic rings. The van der Waals surface area contributed by atoms with Gasteiger partial charge in [0.2, 0.25) is 0 Å². The fourth-order valence-corrected chi connectivity index (χ4v) is 23.4. The second kappa shape index (κ2) is 26.5. The molecule has 0 N–H and O–H groups in total. The number of hydrogen-bond donors (Lipinski definition) is 0. The zero-order chi connectivity index (χ0) is 77.2. The molecule has 24 rings (SSSR count). The van der Waals surface area contributed by atoms with Crippen LogP contribution in [0.3, 0.4) is 0 Å². The van der Waals surface area contributed by atoms with Crippen LogP contribution in [0.25, 0.3) is 123 Å². The molecular formula is C109H73N3O2S3. The summed E-state index contributed by atoms with van der Waals surface area (Å²) in [6.45, 7) is 4.88. The first-order valence-corrected chi connectivity index (χ1v) is 42.9. The molecule has 16 aromatic carbocycles. The monoisotopic (exact) mass is 1550 g/mol. The van der Waals surface area contributed by atoms with E-state index in [1.165, 1.54) is 117 Å². The SMILES string of the molecule is CC1CC2=C(C=C1N(c1ccccc1)c1cc(-c3ccc4ccccc4c3)c3oc4ccccc4c3c1)C1(c3ccccc3Sc3ccc(N(c4ccccc4)c4cc(-c5ccccc5)c5sc6ccccc6c5c4)cc31)c1cccc(N(c3cc(C4(C)C=CC=CC4)c4c(c3)oc3ccccc34)c3ccc4sc5ccccc5c4c3)c12. The Morgan fingerprint density at radius 3 is 1.79 bits per heavy atom. The van der Waals surface area contributed by atoms with E-state index in [2.05, 4.69) is 405 Å². The maximum absolute atomic E-state index is 7.22. The molecule has 5 heterocycles.